The Labute approximate surface area is 458 Å². The normalized spacial score (nSPS) is 38.5. The van der Waals surface area contributed by atoms with Gasteiger partial charge in [0, 0.05) is 87.4 Å². The van der Waals surface area contributed by atoms with Gasteiger partial charge in [0.25, 0.3) is 0 Å². The highest BCUT2D eigenvalue weighted by atomic mass is 19.2. The molecule has 3 saturated heterocycles. The van der Waals surface area contributed by atoms with Crippen molar-refractivity contribution in [3.8, 4) is 0 Å². The largest absolute Gasteiger partial charge is 0.737 e. The predicted octanol–water partition coefficient (Wildman–Crippen LogP) is 4.79. The fourth-order valence-electron chi connectivity index (χ4n) is 12.4. The van der Waals surface area contributed by atoms with Crippen LogP contribution in [0.2, 0.25) is 0 Å². The number of aromatic nitrogens is 1. The standard InChI is InChI=1S/C55H88BF2N5O15/c1-17-41-55(12,70)47(67)33(6)44(65)30(3)26-53(10,71-15)48(77-51-45(66)40(61(13)14)23-32(5)73-51)34(7)46(35(8)50(68)75-41)76-43-27-54(11,72-16)49(36(9)74-43)78-52(69)60-21-20-59-42(64)19-18-37-24-38-25-39-29(2)22-31(4)63(39)56(57,58)62(38)28-37/h22,24-25,28,30,32-36,40-41,43,45-49,51,66-67,70H,17-21,23,26-27H2,1-16H3,(H,59,64)(H,60,69)/t30-,32-,33+,34+,35-,36+,40+,41-,43+,45-,46+,47-,48-,49+,51+,53-,54-,55-/m1/s1. The van der Waals surface area contributed by atoms with E-state index in [4.69, 9.17) is 37.9 Å². The summed E-state index contributed by atoms with van der Waals surface area (Å²) in [5, 5.41) is 40.6. The monoisotopic (exact) mass is 1110 g/mol. The molecule has 0 aromatic carbocycles. The molecule has 440 valence electrons. The second-order valence-electron chi connectivity index (χ2n) is 23.4. The summed E-state index contributed by atoms with van der Waals surface area (Å²) in [5.41, 5.74) is -1.99. The maximum Gasteiger partial charge on any atom is 0.737 e. The SMILES string of the molecule is CC[C@H]1OC(=O)[C@H](C)[C@@H](O[C@H]2C[C@@](C)(OC)[C@@H](OC(=O)NCCNC(=O)CCC3=CC4=Cc5c(C)cc(C)n5[B-](F)(F)[N+]4=C3)[C@H](C)O2)[C@H](C)[C@@H](O[C@@H]2O[C@H](C)C[C@H](N(C)C)[C@H]2O)[C@](C)(OC)C[C@@H](C)C(=O)[C@H](C)[C@@H](O)[C@]1(C)O. The summed E-state index contributed by atoms with van der Waals surface area (Å²) >= 11 is 0. The molecule has 20 nitrogen and oxygen atoms in total. The lowest BCUT2D eigenvalue weighted by molar-refractivity contribution is -0.356. The summed E-state index contributed by atoms with van der Waals surface area (Å²) in [7, 11) is 6.64. The lowest BCUT2D eigenvalue weighted by Gasteiger charge is -2.50. The van der Waals surface area contributed by atoms with Crippen LogP contribution < -0.4 is 10.6 Å². The van der Waals surface area contributed by atoms with Gasteiger partial charge in [-0.15, -0.1) is 0 Å². The van der Waals surface area contributed by atoms with E-state index in [1.165, 1.54) is 34.3 Å². The number of aryl methyl sites for hydroxylation is 2. The summed E-state index contributed by atoms with van der Waals surface area (Å²) in [6, 6.07) is 1.38. The Bertz CT molecular complexity index is 2440. The molecular formula is C55H88BF2N5O15. The first-order valence-electron chi connectivity index (χ1n) is 27.5. The van der Waals surface area contributed by atoms with Crippen LogP contribution in [0.3, 0.4) is 0 Å². The van der Waals surface area contributed by atoms with Crippen molar-refractivity contribution in [3.63, 3.8) is 0 Å². The molecule has 0 bridgehead atoms. The molecule has 23 heteroatoms. The number of cyclic esters (lactones) is 1. The predicted molar refractivity (Wildman–Crippen MR) is 285 cm³/mol. The number of ether oxygens (including phenoxy) is 8. The Morgan fingerprint density at radius 2 is 1.56 bits per heavy atom. The molecule has 0 radical (unpaired) electrons. The van der Waals surface area contributed by atoms with E-state index < -0.39 is 115 Å². The highest BCUT2D eigenvalue weighted by Crippen LogP contribution is 2.43. The molecule has 0 saturated carbocycles. The van der Waals surface area contributed by atoms with Crippen LogP contribution >= 0.6 is 0 Å². The molecule has 5 aliphatic rings. The third kappa shape index (κ3) is 13.1. The van der Waals surface area contributed by atoms with E-state index in [1.807, 2.05) is 25.9 Å². The summed E-state index contributed by atoms with van der Waals surface area (Å²) in [5.74, 6) is -5.30. The minimum Gasteiger partial charge on any atom is -0.459 e. The second-order valence-corrected chi connectivity index (χ2v) is 23.4. The molecule has 0 unspecified atom stereocenters. The van der Waals surface area contributed by atoms with E-state index in [0.717, 1.165) is 14.5 Å². The van der Waals surface area contributed by atoms with Crippen LogP contribution in [0, 0.1) is 37.5 Å². The number of aliphatic hydroxyl groups is 3. The smallest absolute Gasteiger partial charge is 0.459 e. The van der Waals surface area contributed by atoms with Crippen LogP contribution in [0.1, 0.15) is 125 Å². The van der Waals surface area contributed by atoms with Crippen molar-refractivity contribution in [1.82, 2.24) is 20.0 Å². The van der Waals surface area contributed by atoms with E-state index in [1.54, 1.807) is 80.5 Å². The molecule has 0 spiro atoms. The molecule has 2 amide bonds. The maximum atomic E-state index is 15.6. The first-order valence-corrected chi connectivity index (χ1v) is 27.5. The lowest BCUT2D eigenvalue weighted by atomic mass is 9.74. The van der Waals surface area contributed by atoms with Gasteiger partial charge >= 0.3 is 19.0 Å². The zero-order valence-electron chi connectivity index (χ0n) is 48.5. The van der Waals surface area contributed by atoms with Crippen molar-refractivity contribution in [2.75, 3.05) is 41.4 Å². The van der Waals surface area contributed by atoms with Crippen molar-refractivity contribution in [2.24, 2.45) is 23.7 Å². The number of ketones is 1. The average molecular weight is 1110 g/mol. The van der Waals surface area contributed by atoms with Crippen LogP contribution in [-0.4, -0.2) is 192 Å². The Hall–Kier alpha value is -4.17. The Morgan fingerprint density at radius 1 is 0.923 bits per heavy atom. The van der Waals surface area contributed by atoms with Gasteiger partial charge in [-0.1, -0.05) is 27.7 Å². The van der Waals surface area contributed by atoms with Crippen molar-refractivity contribution in [1.29, 1.82) is 0 Å². The molecule has 6 heterocycles. The number of carbonyl (C=O) groups excluding carboxylic acids is 4. The minimum atomic E-state index is -4.09. The maximum absolute atomic E-state index is 15.6. The van der Waals surface area contributed by atoms with Gasteiger partial charge in [0.1, 0.15) is 35.4 Å². The second kappa shape index (κ2) is 24.9. The summed E-state index contributed by atoms with van der Waals surface area (Å²) < 4.78 is 84.2. The Balaban J connectivity index is 1.16. The van der Waals surface area contributed by atoms with E-state index in [2.05, 4.69) is 10.6 Å². The molecule has 5 N–H and O–H groups in total. The van der Waals surface area contributed by atoms with Crippen LogP contribution in [0.25, 0.3) is 6.08 Å². The lowest BCUT2D eigenvalue weighted by Crippen LogP contribution is -2.62. The molecule has 1 aromatic heterocycles. The number of halogens is 2. The fraction of sp³-hybridized carbons (Fsp3) is 0.764. The van der Waals surface area contributed by atoms with Gasteiger partial charge in [0.2, 0.25) is 5.91 Å². The van der Waals surface area contributed by atoms with Gasteiger partial charge in [-0.25, -0.2) is 4.79 Å². The summed E-state index contributed by atoms with van der Waals surface area (Å²) in [6.45, 7) is 16.1. The van der Waals surface area contributed by atoms with Crippen LogP contribution in [-0.2, 0) is 52.3 Å². The number of aliphatic hydroxyl groups excluding tert-OH is 2. The number of nitrogens with one attached hydrogen (secondary N) is 2. The number of alkyl carbamates (subject to hydrolysis) is 1. The number of amides is 2. The van der Waals surface area contributed by atoms with E-state index >= 15 is 8.63 Å². The van der Waals surface area contributed by atoms with Crippen molar-refractivity contribution < 1.29 is 85.5 Å². The number of nitrogens with zero attached hydrogens (tertiary/aromatic N) is 3. The number of esters is 1. The fourth-order valence-corrected chi connectivity index (χ4v) is 12.4. The van der Waals surface area contributed by atoms with Gasteiger partial charge in [-0.2, -0.15) is 0 Å². The molecule has 0 aliphatic carbocycles. The number of likely N-dealkylation sites (N-methyl/N-ethyl adjacent to an activating group) is 1. The van der Waals surface area contributed by atoms with Crippen molar-refractivity contribution >= 4 is 43.0 Å². The number of hydrogen-bond acceptors (Lipinski definition) is 16. The van der Waals surface area contributed by atoms with Gasteiger partial charge in [-0.05, 0) is 112 Å². The molecule has 1 aromatic rings. The minimum absolute atomic E-state index is 0.00255. The van der Waals surface area contributed by atoms with Crippen molar-refractivity contribution in [3.05, 3.63) is 40.4 Å². The molecule has 6 rings (SSSR count). The van der Waals surface area contributed by atoms with E-state index in [0.29, 0.717) is 29.1 Å². The number of allylic oxidation sites excluding steroid dienone is 2. The van der Waals surface area contributed by atoms with Crippen LogP contribution in [0.5, 0.6) is 0 Å². The Morgan fingerprint density at radius 3 is 2.19 bits per heavy atom. The zero-order valence-corrected chi connectivity index (χ0v) is 48.5. The third-order valence-electron chi connectivity index (χ3n) is 17.2. The average Bonchev–Trinajstić information content (AvgIpc) is 4.09. The topological polar surface area (TPSA) is 238 Å². The van der Waals surface area contributed by atoms with Crippen LogP contribution in [0.4, 0.5) is 13.4 Å². The van der Waals surface area contributed by atoms with Crippen LogP contribution in [0.15, 0.2) is 23.4 Å². The summed E-state index contributed by atoms with van der Waals surface area (Å²) in [6.07, 6.45) is -5.87. The number of methoxy groups -OCH3 is 2. The van der Waals surface area contributed by atoms with E-state index in [-0.39, 0.29) is 69.0 Å². The zero-order chi connectivity index (χ0) is 58.1. The third-order valence-corrected chi connectivity index (χ3v) is 17.2. The van der Waals surface area contributed by atoms with E-state index in [9.17, 15) is 34.5 Å². The Kier molecular flexibility index (Phi) is 20.1. The molecule has 18 atom stereocenters. The molecule has 78 heavy (non-hydrogen) atoms. The van der Waals surface area contributed by atoms with Crippen molar-refractivity contribution in [2.45, 2.75) is 206 Å². The number of Topliss-reactive ketones (excluding diaryl/α,β-unsaturated/α-hetero) is 1. The number of carbonyl (C=O) groups is 4. The number of fused-ring (bicyclic) bond motifs is 2. The van der Waals surface area contributed by atoms with Gasteiger partial charge in [-0.3, -0.25) is 14.4 Å². The van der Waals surface area contributed by atoms with Gasteiger partial charge in [0.15, 0.2) is 24.4 Å². The highest BCUT2D eigenvalue weighted by molar-refractivity contribution is 6.57. The molecule has 5 aliphatic heterocycles. The molecular weight excluding hydrogens is 1020 g/mol. The number of hydrogen-bond donors (Lipinski definition) is 5. The first-order chi connectivity index (χ1) is 36.3. The first kappa shape index (κ1) is 63.0. The van der Waals surface area contributed by atoms with Gasteiger partial charge in [0.05, 0.1) is 42.0 Å². The van der Waals surface area contributed by atoms with Gasteiger partial charge < -0.3 is 86.3 Å². The number of rotatable bonds is 15. The molecule has 3 fully saturated rings. The highest BCUT2D eigenvalue weighted by Gasteiger charge is 2.56. The quantitative estimate of drug-likeness (QED) is 0.0902. The summed E-state index contributed by atoms with van der Waals surface area (Å²) in [4.78, 5) is 56.9.